The third-order valence-electron chi connectivity index (χ3n) is 3.44. The zero-order valence-electron chi connectivity index (χ0n) is 13.8. The lowest BCUT2D eigenvalue weighted by Crippen LogP contribution is -2.28. The van der Waals surface area contributed by atoms with Gasteiger partial charge in [-0.1, -0.05) is 25.1 Å². The van der Waals surface area contributed by atoms with E-state index in [1.54, 1.807) is 28.8 Å². The first-order valence-electron chi connectivity index (χ1n) is 7.98. The lowest BCUT2D eigenvalue weighted by molar-refractivity contribution is 0.251. The van der Waals surface area contributed by atoms with E-state index in [2.05, 4.69) is 27.6 Å². The van der Waals surface area contributed by atoms with Crippen LogP contribution in [0.2, 0.25) is 0 Å². The van der Waals surface area contributed by atoms with Gasteiger partial charge in [-0.25, -0.2) is 14.5 Å². The van der Waals surface area contributed by atoms with Crippen LogP contribution in [-0.2, 0) is 6.54 Å². The molecule has 25 heavy (non-hydrogen) atoms. The number of pyridine rings is 1. The van der Waals surface area contributed by atoms with Gasteiger partial charge in [0.05, 0.1) is 5.69 Å². The van der Waals surface area contributed by atoms with E-state index < -0.39 is 0 Å². The molecule has 2 heterocycles. The van der Waals surface area contributed by atoms with E-state index in [9.17, 15) is 4.79 Å². The number of carbonyl (C=O) groups is 1. The maximum Gasteiger partial charge on any atom is 0.319 e. The summed E-state index contributed by atoms with van der Waals surface area (Å²) in [6.45, 7) is 2.49. The van der Waals surface area contributed by atoms with Gasteiger partial charge in [0, 0.05) is 30.0 Å². The smallest absolute Gasteiger partial charge is 0.319 e. The third kappa shape index (κ3) is 4.60. The highest BCUT2D eigenvalue weighted by Crippen LogP contribution is 2.26. The summed E-state index contributed by atoms with van der Waals surface area (Å²) in [6.07, 6.45) is 5.27. The van der Waals surface area contributed by atoms with Gasteiger partial charge in [0.15, 0.2) is 5.82 Å². The number of para-hydroxylation sites is 1. The Kier molecular flexibility index (Phi) is 5.69. The van der Waals surface area contributed by atoms with Gasteiger partial charge in [-0.05, 0) is 35.6 Å². The Morgan fingerprint density at radius 1 is 1.20 bits per heavy atom. The van der Waals surface area contributed by atoms with Crippen molar-refractivity contribution in [1.82, 2.24) is 20.1 Å². The monoisotopic (exact) mass is 353 g/mol. The number of aromatic nitrogens is 3. The molecule has 0 spiro atoms. The van der Waals surface area contributed by atoms with Crippen LogP contribution < -0.4 is 10.6 Å². The van der Waals surface area contributed by atoms with Gasteiger partial charge in [0.2, 0.25) is 0 Å². The quantitative estimate of drug-likeness (QED) is 0.663. The number of anilines is 1. The molecule has 0 bridgehead atoms. The second-order valence-corrected chi connectivity index (χ2v) is 6.52. The van der Waals surface area contributed by atoms with Crippen LogP contribution in [0.1, 0.15) is 12.5 Å². The van der Waals surface area contributed by atoms with Crippen molar-refractivity contribution in [2.75, 3.05) is 11.1 Å². The molecule has 6 nitrogen and oxygen atoms in total. The van der Waals surface area contributed by atoms with Crippen molar-refractivity contribution in [1.29, 1.82) is 0 Å². The van der Waals surface area contributed by atoms with Crippen molar-refractivity contribution < 1.29 is 4.79 Å². The minimum absolute atomic E-state index is 0.236. The first-order valence-corrected chi connectivity index (χ1v) is 8.96. The number of rotatable bonds is 6. The van der Waals surface area contributed by atoms with Crippen LogP contribution in [0.4, 0.5) is 10.5 Å². The Labute approximate surface area is 150 Å². The number of nitrogens with zero attached hydrogens (tertiary/aromatic N) is 3. The molecule has 0 unspecified atom stereocenters. The molecule has 7 heteroatoms. The lowest BCUT2D eigenvalue weighted by atomic mass is 10.3. The maximum absolute atomic E-state index is 12.1. The molecule has 3 aromatic rings. The van der Waals surface area contributed by atoms with Gasteiger partial charge in [-0.2, -0.15) is 5.10 Å². The predicted molar refractivity (Wildman–Crippen MR) is 100 cm³/mol. The fourth-order valence-corrected chi connectivity index (χ4v) is 3.02. The number of nitrogens with one attached hydrogen (secondary N) is 2. The first-order chi connectivity index (χ1) is 12.3. The fourth-order valence-electron chi connectivity index (χ4n) is 2.26. The van der Waals surface area contributed by atoms with E-state index in [-0.39, 0.29) is 6.03 Å². The SMILES string of the molecule is CCSc1ccccc1NC(=O)NCc1ccc(-n2cccn2)nc1. The normalized spacial score (nSPS) is 10.4. The molecule has 3 rings (SSSR count). The minimum atomic E-state index is -0.236. The molecule has 2 amide bonds. The zero-order chi connectivity index (χ0) is 17.5. The molecular weight excluding hydrogens is 334 g/mol. The Morgan fingerprint density at radius 3 is 2.80 bits per heavy atom. The number of thioether (sulfide) groups is 1. The van der Waals surface area contributed by atoms with Gasteiger partial charge < -0.3 is 10.6 Å². The molecule has 1 aromatic carbocycles. The summed E-state index contributed by atoms with van der Waals surface area (Å²) < 4.78 is 1.69. The molecule has 2 aromatic heterocycles. The number of hydrogen-bond donors (Lipinski definition) is 2. The molecule has 128 valence electrons. The van der Waals surface area contributed by atoms with Crippen LogP contribution in [-0.4, -0.2) is 26.5 Å². The lowest BCUT2D eigenvalue weighted by Gasteiger charge is -2.11. The zero-order valence-corrected chi connectivity index (χ0v) is 14.7. The molecule has 0 aliphatic carbocycles. The maximum atomic E-state index is 12.1. The van der Waals surface area contributed by atoms with Crippen molar-refractivity contribution in [2.45, 2.75) is 18.4 Å². The summed E-state index contributed by atoms with van der Waals surface area (Å²) in [5.74, 6) is 1.69. The van der Waals surface area contributed by atoms with Gasteiger partial charge in [0.1, 0.15) is 0 Å². The minimum Gasteiger partial charge on any atom is -0.334 e. The molecule has 0 aliphatic heterocycles. The second kappa shape index (κ2) is 8.34. The van der Waals surface area contributed by atoms with Crippen molar-refractivity contribution in [3.8, 4) is 5.82 Å². The molecular formula is C18H19N5OS. The molecule has 2 N–H and O–H groups in total. The summed E-state index contributed by atoms with van der Waals surface area (Å²) in [4.78, 5) is 17.5. The summed E-state index contributed by atoms with van der Waals surface area (Å²) in [5, 5.41) is 9.88. The first kappa shape index (κ1) is 17.0. The molecule has 0 saturated carbocycles. The van der Waals surface area contributed by atoms with Crippen LogP contribution in [0, 0.1) is 0 Å². The number of urea groups is 1. The van der Waals surface area contributed by atoms with Crippen LogP contribution in [0.15, 0.2) is 66.0 Å². The van der Waals surface area contributed by atoms with Crippen molar-refractivity contribution in [3.05, 3.63) is 66.6 Å². The fraction of sp³-hybridized carbons (Fsp3) is 0.167. The highest BCUT2D eigenvalue weighted by molar-refractivity contribution is 7.99. The van der Waals surface area contributed by atoms with Crippen LogP contribution >= 0.6 is 11.8 Å². The largest absolute Gasteiger partial charge is 0.334 e. The third-order valence-corrected chi connectivity index (χ3v) is 4.39. The Balaban J connectivity index is 1.56. The van der Waals surface area contributed by atoms with Gasteiger partial charge >= 0.3 is 6.03 Å². The molecule has 0 fully saturated rings. The van der Waals surface area contributed by atoms with Crippen LogP contribution in [0.5, 0.6) is 0 Å². The standard InChI is InChI=1S/C18H19N5OS/c1-2-25-16-7-4-3-6-15(16)22-18(24)20-13-14-8-9-17(19-12-14)23-11-5-10-21-23/h3-12H,2,13H2,1H3,(H2,20,22,24). The Hall–Kier alpha value is -2.80. The number of carbonyl (C=O) groups excluding carboxylic acids is 1. The number of amides is 2. The van der Waals surface area contributed by atoms with Crippen molar-refractivity contribution in [3.63, 3.8) is 0 Å². The Bertz CT molecular complexity index is 818. The Morgan fingerprint density at radius 2 is 2.08 bits per heavy atom. The highest BCUT2D eigenvalue weighted by atomic mass is 32.2. The average Bonchev–Trinajstić information content (AvgIpc) is 3.17. The summed E-state index contributed by atoms with van der Waals surface area (Å²) >= 11 is 1.70. The van der Waals surface area contributed by atoms with Crippen LogP contribution in [0.25, 0.3) is 5.82 Å². The number of benzene rings is 1. The second-order valence-electron chi connectivity index (χ2n) is 5.21. The van der Waals surface area contributed by atoms with E-state index in [4.69, 9.17) is 0 Å². The van der Waals surface area contributed by atoms with E-state index in [0.717, 1.165) is 27.7 Å². The average molecular weight is 353 g/mol. The predicted octanol–water partition coefficient (Wildman–Crippen LogP) is 3.70. The summed E-state index contributed by atoms with van der Waals surface area (Å²) in [5.41, 5.74) is 1.74. The topological polar surface area (TPSA) is 71.8 Å². The summed E-state index contributed by atoms with van der Waals surface area (Å²) in [7, 11) is 0. The molecule has 0 saturated heterocycles. The van der Waals surface area contributed by atoms with Crippen LogP contribution in [0.3, 0.4) is 0 Å². The van der Waals surface area contributed by atoms with E-state index in [0.29, 0.717) is 6.54 Å². The van der Waals surface area contributed by atoms with E-state index in [1.807, 2.05) is 48.7 Å². The molecule has 0 atom stereocenters. The van der Waals surface area contributed by atoms with Gasteiger partial charge in [-0.3, -0.25) is 0 Å². The summed E-state index contributed by atoms with van der Waals surface area (Å²) in [6, 6.07) is 13.2. The van der Waals surface area contributed by atoms with Gasteiger partial charge in [-0.15, -0.1) is 11.8 Å². The van der Waals surface area contributed by atoms with Crippen molar-refractivity contribution >= 4 is 23.5 Å². The van der Waals surface area contributed by atoms with E-state index in [1.165, 1.54) is 0 Å². The van der Waals surface area contributed by atoms with E-state index >= 15 is 0 Å². The highest BCUT2D eigenvalue weighted by Gasteiger charge is 2.06. The van der Waals surface area contributed by atoms with Crippen molar-refractivity contribution in [2.24, 2.45) is 0 Å². The molecule has 0 aliphatic rings. The number of hydrogen-bond acceptors (Lipinski definition) is 4. The van der Waals surface area contributed by atoms with Gasteiger partial charge in [0.25, 0.3) is 0 Å². The molecule has 0 radical (unpaired) electrons.